The molecule has 9 heteroatoms. The smallest absolute Gasteiger partial charge is 0.420 e. The molecule has 3 nitrogen and oxygen atoms in total. The molecule has 0 bridgehead atoms. The van der Waals surface area contributed by atoms with Gasteiger partial charge in [0.15, 0.2) is 11.6 Å². The molecule has 1 aliphatic heterocycles. The minimum absolute atomic E-state index is 0.0854. The largest absolute Gasteiger partial charge is 0.454 e. The summed E-state index contributed by atoms with van der Waals surface area (Å²) in [6.45, 7) is 0.560. The van der Waals surface area contributed by atoms with Gasteiger partial charge < -0.3 is 9.64 Å². The highest BCUT2D eigenvalue weighted by molar-refractivity contribution is 8.00. The molecule has 3 aromatic carbocycles. The number of nitrogens with zero attached hydrogens (tertiary/aromatic N) is 1. The van der Waals surface area contributed by atoms with E-state index in [-0.39, 0.29) is 17.6 Å². The Labute approximate surface area is 202 Å². The Morgan fingerprint density at radius 1 is 1.06 bits per heavy atom. The van der Waals surface area contributed by atoms with Gasteiger partial charge in [-0.25, -0.2) is 8.78 Å². The third-order valence-corrected chi connectivity index (χ3v) is 8.21. The molecule has 35 heavy (non-hydrogen) atoms. The van der Waals surface area contributed by atoms with Gasteiger partial charge in [0, 0.05) is 11.4 Å². The number of halogens is 5. The summed E-state index contributed by atoms with van der Waals surface area (Å²) in [4.78, 5) is 14.4. The summed E-state index contributed by atoms with van der Waals surface area (Å²) in [6, 6.07) is 13.7. The van der Waals surface area contributed by atoms with E-state index in [4.69, 9.17) is 4.74 Å². The molecule has 1 heterocycles. The molecule has 0 saturated carbocycles. The average molecular weight is 506 g/mol. The number of carbonyl (C=O) groups excluding carboxylic acids is 1. The van der Waals surface area contributed by atoms with Gasteiger partial charge in [0.1, 0.15) is 17.1 Å². The van der Waals surface area contributed by atoms with E-state index in [1.165, 1.54) is 18.2 Å². The maximum absolute atomic E-state index is 14.3. The van der Waals surface area contributed by atoms with Crippen LogP contribution in [0.2, 0.25) is 0 Å². The van der Waals surface area contributed by atoms with E-state index >= 15 is 0 Å². The molecule has 1 saturated heterocycles. The van der Waals surface area contributed by atoms with Crippen molar-refractivity contribution in [1.29, 1.82) is 0 Å². The molecule has 2 aliphatic rings. The van der Waals surface area contributed by atoms with E-state index in [1.54, 1.807) is 40.9 Å². The molecule has 2 unspecified atom stereocenters. The van der Waals surface area contributed by atoms with Gasteiger partial charge >= 0.3 is 6.18 Å². The van der Waals surface area contributed by atoms with Crippen LogP contribution in [0.15, 0.2) is 65.6 Å². The molecule has 5 rings (SSSR count). The molecule has 0 radical (unpaired) electrons. The number of likely N-dealkylation sites (tertiary alicyclic amines) is 1. The second-order valence-corrected chi connectivity index (χ2v) is 10.0. The molecule has 1 aliphatic carbocycles. The lowest BCUT2D eigenvalue weighted by atomic mass is 9.78. The topological polar surface area (TPSA) is 29.5 Å². The number of ether oxygens (including phenoxy) is 1. The van der Waals surface area contributed by atoms with Crippen LogP contribution in [0.4, 0.5) is 22.0 Å². The van der Waals surface area contributed by atoms with Crippen molar-refractivity contribution in [2.45, 2.75) is 41.1 Å². The van der Waals surface area contributed by atoms with Gasteiger partial charge in [-0.15, -0.1) is 11.8 Å². The van der Waals surface area contributed by atoms with Gasteiger partial charge in [-0.2, -0.15) is 13.2 Å². The zero-order valence-electron chi connectivity index (χ0n) is 18.3. The summed E-state index contributed by atoms with van der Waals surface area (Å²) < 4.78 is 72.9. The molecule has 0 N–H and O–H groups in total. The summed E-state index contributed by atoms with van der Waals surface area (Å²) >= 11 is 1.55. The minimum atomic E-state index is -4.77. The summed E-state index contributed by atoms with van der Waals surface area (Å²) in [5.74, 6) is -2.21. The number of benzene rings is 3. The summed E-state index contributed by atoms with van der Waals surface area (Å²) in [6.07, 6.45) is -2.03. The van der Waals surface area contributed by atoms with Crippen molar-refractivity contribution in [3.05, 3.63) is 89.0 Å². The summed E-state index contributed by atoms with van der Waals surface area (Å²) in [5.41, 5.74) is 0.631. The molecule has 0 aromatic heterocycles. The van der Waals surface area contributed by atoms with Crippen LogP contribution in [-0.4, -0.2) is 23.9 Å². The van der Waals surface area contributed by atoms with Crippen LogP contribution < -0.4 is 4.74 Å². The van der Waals surface area contributed by atoms with Crippen molar-refractivity contribution in [1.82, 2.24) is 4.90 Å². The third-order valence-electron chi connectivity index (χ3n) is 6.64. The second kappa shape index (κ2) is 8.86. The lowest BCUT2D eigenvalue weighted by molar-refractivity contribution is -0.138. The number of para-hydroxylation sites is 1. The molecule has 1 fully saturated rings. The molecule has 3 aromatic rings. The van der Waals surface area contributed by atoms with Crippen molar-refractivity contribution >= 4 is 18.2 Å². The number of carbonyl (C=O) groups is 1. The van der Waals surface area contributed by atoms with Gasteiger partial charge in [-0.05, 0) is 78.9 Å². The highest BCUT2D eigenvalue weighted by atomic mass is 32.2. The predicted octanol–water partition coefficient (Wildman–Crippen LogP) is 6.94. The molecular formula is C26H20F5NO2S. The Hall–Kier alpha value is -3.07. The van der Waals surface area contributed by atoms with Crippen molar-refractivity contribution in [3.63, 3.8) is 0 Å². The SMILES string of the molecule is O=CN1CCC2(Sc3ccc(F)cc3)c3ccc(Oc4c(F)cccc4C(F)(F)F)cc3CCC12. The van der Waals surface area contributed by atoms with Crippen molar-refractivity contribution in [3.8, 4) is 11.5 Å². The lowest BCUT2D eigenvalue weighted by Gasteiger charge is -2.42. The van der Waals surface area contributed by atoms with Crippen LogP contribution in [0, 0.1) is 11.6 Å². The van der Waals surface area contributed by atoms with Gasteiger partial charge in [0.25, 0.3) is 0 Å². The number of alkyl halides is 3. The Balaban J connectivity index is 1.53. The van der Waals surface area contributed by atoms with E-state index in [0.717, 1.165) is 40.6 Å². The van der Waals surface area contributed by atoms with Crippen molar-refractivity contribution in [2.75, 3.05) is 6.54 Å². The first kappa shape index (κ1) is 23.7. The van der Waals surface area contributed by atoms with E-state index in [1.807, 2.05) is 0 Å². The molecule has 2 atom stereocenters. The van der Waals surface area contributed by atoms with Gasteiger partial charge in [0.2, 0.25) is 6.41 Å². The van der Waals surface area contributed by atoms with Crippen LogP contribution >= 0.6 is 11.8 Å². The monoisotopic (exact) mass is 505 g/mol. The predicted molar refractivity (Wildman–Crippen MR) is 121 cm³/mol. The fraction of sp³-hybridized carbons (Fsp3) is 0.269. The number of rotatable bonds is 5. The fourth-order valence-electron chi connectivity index (χ4n) is 5.11. The zero-order chi connectivity index (χ0) is 24.8. The van der Waals surface area contributed by atoms with E-state index in [0.29, 0.717) is 25.8 Å². The Morgan fingerprint density at radius 3 is 2.54 bits per heavy atom. The van der Waals surface area contributed by atoms with Crippen LogP contribution in [0.25, 0.3) is 0 Å². The molecule has 1 amide bonds. The van der Waals surface area contributed by atoms with Gasteiger partial charge in [-0.3, -0.25) is 4.79 Å². The third kappa shape index (κ3) is 4.26. The molecule has 0 spiro atoms. The van der Waals surface area contributed by atoms with Crippen LogP contribution in [0.5, 0.6) is 11.5 Å². The highest BCUT2D eigenvalue weighted by Gasteiger charge is 2.52. The Morgan fingerprint density at radius 2 is 1.83 bits per heavy atom. The maximum Gasteiger partial charge on any atom is 0.420 e. The van der Waals surface area contributed by atoms with Gasteiger partial charge in [0.05, 0.1) is 10.8 Å². The molecule has 182 valence electrons. The van der Waals surface area contributed by atoms with Crippen LogP contribution in [0.1, 0.15) is 29.5 Å². The normalized spacial score (nSPS) is 21.4. The van der Waals surface area contributed by atoms with E-state index in [9.17, 15) is 26.7 Å². The summed E-state index contributed by atoms with van der Waals surface area (Å²) in [5, 5.41) is 0. The average Bonchev–Trinajstić information content (AvgIpc) is 3.19. The van der Waals surface area contributed by atoms with Crippen LogP contribution in [0.3, 0.4) is 0 Å². The maximum atomic E-state index is 14.3. The number of amides is 1. The number of aryl methyl sites for hydroxylation is 1. The fourth-order valence-corrected chi connectivity index (χ4v) is 6.70. The van der Waals surface area contributed by atoms with Crippen LogP contribution in [-0.2, 0) is 22.1 Å². The lowest BCUT2D eigenvalue weighted by Crippen LogP contribution is -2.43. The Bertz CT molecular complexity index is 1260. The first-order chi connectivity index (χ1) is 16.7. The quantitative estimate of drug-likeness (QED) is 0.278. The first-order valence-electron chi connectivity index (χ1n) is 11.0. The zero-order valence-corrected chi connectivity index (χ0v) is 19.1. The minimum Gasteiger partial charge on any atom is -0.454 e. The van der Waals surface area contributed by atoms with Gasteiger partial charge in [-0.1, -0.05) is 12.1 Å². The Kier molecular flexibility index (Phi) is 5.99. The highest BCUT2D eigenvalue weighted by Crippen LogP contribution is 2.56. The number of fused-ring (bicyclic) bond motifs is 3. The standard InChI is InChI=1S/C26H20F5NO2S/c27-17-5-8-19(9-6-17)35-25-12-13-32(15-33)23(25)11-4-16-14-18(7-10-20(16)25)34-24-21(26(29,30)31)2-1-3-22(24)28/h1-3,5-10,14-15,23H,4,11-13H2. The van der Waals surface area contributed by atoms with E-state index in [2.05, 4.69) is 0 Å². The second-order valence-electron chi connectivity index (χ2n) is 8.63. The van der Waals surface area contributed by atoms with E-state index < -0.39 is 28.1 Å². The number of hydrogen-bond acceptors (Lipinski definition) is 3. The van der Waals surface area contributed by atoms with Crippen molar-refractivity contribution in [2.24, 2.45) is 0 Å². The number of thioether (sulfide) groups is 1. The number of hydrogen-bond donors (Lipinski definition) is 0. The van der Waals surface area contributed by atoms with Crippen molar-refractivity contribution < 1.29 is 31.5 Å². The summed E-state index contributed by atoms with van der Waals surface area (Å²) in [7, 11) is 0. The molecular weight excluding hydrogens is 485 g/mol. The first-order valence-corrected chi connectivity index (χ1v) is 11.9.